The Morgan fingerprint density at radius 2 is 2.11 bits per heavy atom. The Bertz CT molecular complexity index is 851. The second-order valence-corrected chi connectivity index (χ2v) is 7.23. The van der Waals surface area contributed by atoms with E-state index in [4.69, 9.17) is 14.2 Å². The molecule has 3 rings (SSSR count). The molecule has 2 aromatic rings. The van der Waals surface area contributed by atoms with Crippen molar-refractivity contribution in [3.8, 4) is 11.5 Å². The van der Waals surface area contributed by atoms with E-state index in [2.05, 4.69) is 19.2 Å². The highest BCUT2D eigenvalue weighted by molar-refractivity contribution is 5.77. The number of carbonyl (C=O) groups excluding carboxylic acids is 1. The number of benzene rings is 2. The molecule has 2 aromatic carbocycles. The Kier molecular flexibility index (Phi) is 6.52. The molecule has 150 valence electrons. The highest BCUT2D eigenvalue weighted by Crippen LogP contribution is 2.29. The fourth-order valence-electron chi connectivity index (χ4n) is 3.36. The quantitative estimate of drug-likeness (QED) is 0.784. The third kappa shape index (κ3) is 5.01. The van der Waals surface area contributed by atoms with Crippen LogP contribution in [0.1, 0.15) is 42.0 Å². The summed E-state index contributed by atoms with van der Waals surface area (Å²) in [5.41, 5.74) is 3.83. The molecule has 1 heterocycles. The molecule has 1 N–H and O–H groups in total. The lowest BCUT2D eigenvalue weighted by Crippen LogP contribution is -2.30. The number of hydrogen-bond donors (Lipinski definition) is 1. The molecule has 28 heavy (non-hydrogen) atoms. The summed E-state index contributed by atoms with van der Waals surface area (Å²) in [7, 11) is 0. The van der Waals surface area contributed by atoms with Crippen LogP contribution in [0.3, 0.4) is 0 Å². The van der Waals surface area contributed by atoms with Crippen LogP contribution in [0, 0.1) is 12.7 Å². The van der Waals surface area contributed by atoms with Crippen molar-refractivity contribution in [1.29, 1.82) is 0 Å². The smallest absolute Gasteiger partial charge is 0.257 e. The predicted molar refractivity (Wildman–Crippen MR) is 104 cm³/mol. The van der Waals surface area contributed by atoms with Gasteiger partial charge in [0.1, 0.15) is 17.3 Å². The molecule has 0 saturated carbocycles. The number of hydrogen-bond acceptors (Lipinski definition) is 4. The molecule has 6 heteroatoms. The second kappa shape index (κ2) is 9.06. The van der Waals surface area contributed by atoms with Crippen molar-refractivity contribution in [1.82, 2.24) is 5.32 Å². The minimum Gasteiger partial charge on any atom is -0.484 e. The topological polar surface area (TPSA) is 56.8 Å². The molecule has 5 nitrogen and oxygen atoms in total. The summed E-state index contributed by atoms with van der Waals surface area (Å²) < 4.78 is 30.0. The number of rotatable bonds is 7. The maximum Gasteiger partial charge on any atom is 0.257 e. The lowest BCUT2D eigenvalue weighted by molar-refractivity contribution is -0.123. The van der Waals surface area contributed by atoms with Gasteiger partial charge in [0.05, 0.1) is 6.61 Å². The first kappa shape index (κ1) is 20.1. The van der Waals surface area contributed by atoms with Crippen LogP contribution in [-0.2, 0) is 22.6 Å². The number of carbonyl (C=O) groups is 1. The second-order valence-electron chi connectivity index (χ2n) is 7.23. The van der Waals surface area contributed by atoms with E-state index in [-0.39, 0.29) is 25.1 Å². The van der Waals surface area contributed by atoms with Crippen LogP contribution in [0.15, 0.2) is 30.3 Å². The molecule has 0 radical (unpaired) electrons. The molecule has 0 fully saturated rings. The maximum atomic E-state index is 13.7. The Morgan fingerprint density at radius 1 is 1.29 bits per heavy atom. The van der Waals surface area contributed by atoms with Crippen molar-refractivity contribution in [2.45, 2.75) is 39.7 Å². The van der Waals surface area contributed by atoms with Gasteiger partial charge in [-0.2, -0.15) is 0 Å². The molecule has 0 saturated heterocycles. The number of ether oxygens (including phenoxy) is 3. The van der Waals surface area contributed by atoms with Gasteiger partial charge in [-0.15, -0.1) is 0 Å². The van der Waals surface area contributed by atoms with Crippen LogP contribution in [0.4, 0.5) is 4.39 Å². The SMILES string of the molecule is Cc1cc(OCC(=O)NCCc2cc(F)cc3c2OCOC3)ccc1C(C)C. The Morgan fingerprint density at radius 3 is 2.86 bits per heavy atom. The minimum atomic E-state index is -0.335. The first-order valence-electron chi connectivity index (χ1n) is 9.46. The van der Waals surface area contributed by atoms with Gasteiger partial charge in [0, 0.05) is 12.1 Å². The third-order valence-electron chi connectivity index (χ3n) is 4.70. The van der Waals surface area contributed by atoms with E-state index in [1.807, 2.05) is 25.1 Å². The summed E-state index contributed by atoms with van der Waals surface area (Å²) in [5.74, 6) is 1.21. The van der Waals surface area contributed by atoms with Gasteiger partial charge in [0.25, 0.3) is 5.91 Å². The van der Waals surface area contributed by atoms with E-state index in [9.17, 15) is 9.18 Å². The molecule has 1 amide bonds. The van der Waals surface area contributed by atoms with Crippen molar-refractivity contribution in [3.63, 3.8) is 0 Å². The van der Waals surface area contributed by atoms with Crippen LogP contribution in [0.25, 0.3) is 0 Å². The molecule has 1 aliphatic heterocycles. The Labute approximate surface area is 164 Å². The average molecular weight is 387 g/mol. The first-order chi connectivity index (χ1) is 13.4. The largest absolute Gasteiger partial charge is 0.484 e. The lowest BCUT2D eigenvalue weighted by atomic mass is 9.98. The van der Waals surface area contributed by atoms with E-state index in [0.717, 1.165) is 11.1 Å². The Hall–Kier alpha value is -2.60. The Balaban J connectivity index is 1.49. The highest BCUT2D eigenvalue weighted by atomic mass is 19.1. The monoisotopic (exact) mass is 387 g/mol. The van der Waals surface area contributed by atoms with Gasteiger partial charge in [-0.1, -0.05) is 19.9 Å². The van der Waals surface area contributed by atoms with Crippen LogP contribution < -0.4 is 14.8 Å². The maximum absolute atomic E-state index is 13.7. The van der Waals surface area contributed by atoms with E-state index in [1.54, 1.807) is 0 Å². The fraction of sp³-hybridized carbons (Fsp3) is 0.409. The zero-order chi connectivity index (χ0) is 20.1. The van der Waals surface area contributed by atoms with Crippen molar-refractivity contribution >= 4 is 5.91 Å². The first-order valence-corrected chi connectivity index (χ1v) is 9.46. The molecular weight excluding hydrogens is 361 g/mol. The summed E-state index contributed by atoms with van der Waals surface area (Å²) in [4.78, 5) is 12.1. The van der Waals surface area contributed by atoms with Crippen LogP contribution >= 0.6 is 0 Å². The zero-order valence-electron chi connectivity index (χ0n) is 16.5. The van der Waals surface area contributed by atoms with Crippen LogP contribution in [0.5, 0.6) is 11.5 Å². The zero-order valence-corrected chi connectivity index (χ0v) is 16.5. The van der Waals surface area contributed by atoms with Crippen LogP contribution in [0.2, 0.25) is 0 Å². The summed E-state index contributed by atoms with van der Waals surface area (Å²) in [5, 5.41) is 2.80. The highest BCUT2D eigenvalue weighted by Gasteiger charge is 2.17. The molecule has 0 bridgehead atoms. The van der Waals surface area contributed by atoms with E-state index in [0.29, 0.717) is 42.6 Å². The molecule has 0 aromatic heterocycles. The molecule has 0 aliphatic carbocycles. The number of halogens is 1. The summed E-state index contributed by atoms with van der Waals surface area (Å²) >= 11 is 0. The van der Waals surface area contributed by atoms with Crippen molar-refractivity contribution in [2.24, 2.45) is 0 Å². The van der Waals surface area contributed by atoms with Gasteiger partial charge in [-0.25, -0.2) is 4.39 Å². The summed E-state index contributed by atoms with van der Waals surface area (Å²) in [6.45, 7) is 7.11. The molecule has 0 atom stereocenters. The minimum absolute atomic E-state index is 0.0634. The van der Waals surface area contributed by atoms with Gasteiger partial charge in [-0.05, 0) is 60.2 Å². The number of amides is 1. The number of aryl methyl sites for hydroxylation is 1. The van der Waals surface area contributed by atoms with Gasteiger partial charge in [0.15, 0.2) is 13.4 Å². The average Bonchev–Trinajstić information content (AvgIpc) is 2.66. The standard InChI is InChI=1S/C22H26FNO4/c1-14(2)20-5-4-19(8-15(20)3)27-12-21(25)24-7-6-16-9-18(23)10-17-11-26-13-28-22(16)17/h4-5,8-10,14H,6-7,11-13H2,1-3H3,(H,24,25). The van der Waals surface area contributed by atoms with Gasteiger partial charge >= 0.3 is 0 Å². The van der Waals surface area contributed by atoms with E-state index >= 15 is 0 Å². The molecule has 0 spiro atoms. The molecule has 0 unspecified atom stereocenters. The normalized spacial score (nSPS) is 13.0. The molecular formula is C22H26FNO4. The third-order valence-corrected chi connectivity index (χ3v) is 4.70. The molecule has 1 aliphatic rings. The predicted octanol–water partition coefficient (Wildman–Crippen LogP) is 3.86. The lowest BCUT2D eigenvalue weighted by Gasteiger charge is -2.21. The summed E-state index contributed by atoms with van der Waals surface area (Å²) in [6, 6.07) is 8.71. The van der Waals surface area contributed by atoms with Crippen LogP contribution in [-0.4, -0.2) is 25.9 Å². The number of fused-ring (bicyclic) bond motifs is 1. The van der Waals surface area contributed by atoms with Gasteiger partial charge in [-0.3, -0.25) is 4.79 Å². The summed E-state index contributed by atoms with van der Waals surface area (Å²) in [6.07, 6.45) is 0.466. The van der Waals surface area contributed by atoms with Crippen molar-refractivity contribution in [3.05, 3.63) is 58.4 Å². The van der Waals surface area contributed by atoms with E-state index in [1.165, 1.54) is 17.7 Å². The van der Waals surface area contributed by atoms with Crippen molar-refractivity contribution < 1.29 is 23.4 Å². The van der Waals surface area contributed by atoms with Crippen molar-refractivity contribution in [2.75, 3.05) is 19.9 Å². The van der Waals surface area contributed by atoms with Gasteiger partial charge in [0.2, 0.25) is 0 Å². The number of nitrogens with one attached hydrogen (secondary N) is 1. The fourth-order valence-corrected chi connectivity index (χ4v) is 3.36. The van der Waals surface area contributed by atoms with E-state index < -0.39 is 0 Å². The van der Waals surface area contributed by atoms with Gasteiger partial charge < -0.3 is 19.5 Å².